The molecule has 0 unspecified atom stereocenters. The molecule has 3 aromatic carbocycles. The number of para-hydroxylation sites is 1. The van der Waals surface area contributed by atoms with Gasteiger partial charge in [-0.05, 0) is 34.2 Å². The Hall–Kier alpha value is -3.18. The van der Waals surface area contributed by atoms with Crippen LogP contribution in [0.1, 0.15) is 43.0 Å². The maximum Gasteiger partial charge on any atom is 0.259 e. The molecule has 1 amide bonds. The van der Waals surface area contributed by atoms with Gasteiger partial charge in [-0.15, -0.1) is 0 Å². The maximum atomic E-state index is 13.4. The van der Waals surface area contributed by atoms with E-state index in [2.05, 4.69) is 45.0 Å². The van der Waals surface area contributed by atoms with Crippen LogP contribution in [0.5, 0.6) is 0 Å². The number of carbonyl (C=O) groups is 1. The van der Waals surface area contributed by atoms with E-state index in [1.807, 2.05) is 54.6 Å². The largest absolute Gasteiger partial charge is 0.271 e. The van der Waals surface area contributed by atoms with Gasteiger partial charge in [0.25, 0.3) is 5.91 Å². The van der Waals surface area contributed by atoms with E-state index >= 15 is 0 Å². The van der Waals surface area contributed by atoms with Crippen molar-refractivity contribution in [3.63, 3.8) is 0 Å². The summed E-state index contributed by atoms with van der Waals surface area (Å²) in [4.78, 5) is 24.9. The Labute approximate surface area is 199 Å². The molecule has 0 bridgehead atoms. The molecule has 3 aromatic rings. The van der Waals surface area contributed by atoms with Gasteiger partial charge in [0.1, 0.15) is 11.9 Å². The molecule has 166 valence electrons. The molecule has 5 rings (SSSR count). The fourth-order valence-electron chi connectivity index (χ4n) is 4.12. The van der Waals surface area contributed by atoms with Gasteiger partial charge >= 0.3 is 0 Å². The van der Waals surface area contributed by atoms with Crippen LogP contribution in [-0.2, 0) is 22.4 Å². The van der Waals surface area contributed by atoms with Gasteiger partial charge in [-0.1, -0.05) is 99.3 Å². The molecule has 0 N–H and O–H groups in total. The van der Waals surface area contributed by atoms with E-state index in [4.69, 9.17) is 9.98 Å². The first kappa shape index (κ1) is 21.7. The Morgan fingerprint density at radius 1 is 0.879 bits per heavy atom. The van der Waals surface area contributed by atoms with Gasteiger partial charge in [-0.25, -0.2) is 9.89 Å². The monoisotopic (exact) mass is 453 g/mol. The first-order chi connectivity index (χ1) is 15.9. The van der Waals surface area contributed by atoms with Crippen LogP contribution in [-0.4, -0.2) is 27.9 Å². The van der Waals surface area contributed by atoms with Crippen LogP contribution in [0.25, 0.3) is 0 Å². The highest BCUT2D eigenvalue weighted by Crippen LogP contribution is 2.35. The van der Waals surface area contributed by atoms with Crippen LogP contribution < -0.4 is 0 Å². The molecule has 2 heterocycles. The van der Waals surface area contributed by atoms with Crippen molar-refractivity contribution >= 4 is 34.4 Å². The zero-order valence-corrected chi connectivity index (χ0v) is 20.0. The number of aliphatic imine (C=N–C) groups is 2. The van der Waals surface area contributed by atoms with Crippen LogP contribution >= 0.6 is 11.8 Å². The number of carbonyl (C=O) groups excluding carboxylic acids is 1. The Balaban J connectivity index is 1.41. The molecule has 2 aliphatic rings. The fourth-order valence-corrected chi connectivity index (χ4v) is 5.07. The highest BCUT2D eigenvalue weighted by Gasteiger charge is 2.41. The van der Waals surface area contributed by atoms with E-state index in [-0.39, 0.29) is 11.3 Å². The summed E-state index contributed by atoms with van der Waals surface area (Å²) in [6, 6.07) is 26.3. The van der Waals surface area contributed by atoms with E-state index < -0.39 is 6.04 Å². The van der Waals surface area contributed by atoms with Gasteiger partial charge in [0, 0.05) is 17.7 Å². The third kappa shape index (κ3) is 4.38. The van der Waals surface area contributed by atoms with Gasteiger partial charge in [-0.3, -0.25) is 9.79 Å². The van der Waals surface area contributed by atoms with Gasteiger partial charge in [0.15, 0.2) is 5.17 Å². The second kappa shape index (κ2) is 8.64. The third-order valence-corrected chi connectivity index (χ3v) is 7.02. The lowest BCUT2D eigenvalue weighted by molar-refractivity contribution is -0.124. The number of amidine groups is 2. The molecule has 0 saturated heterocycles. The molecule has 0 radical (unpaired) electrons. The van der Waals surface area contributed by atoms with Crippen LogP contribution in [0.3, 0.4) is 0 Å². The van der Waals surface area contributed by atoms with Crippen molar-refractivity contribution in [1.29, 1.82) is 0 Å². The van der Waals surface area contributed by atoms with E-state index in [0.29, 0.717) is 11.6 Å². The molecule has 2 aliphatic heterocycles. The van der Waals surface area contributed by atoms with Crippen molar-refractivity contribution in [1.82, 2.24) is 4.90 Å². The van der Waals surface area contributed by atoms with E-state index in [0.717, 1.165) is 28.4 Å². The Morgan fingerprint density at radius 3 is 2.30 bits per heavy atom. The molecule has 33 heavy (non-hydrogen) atoms. The summed E-state index contributed by atoms with van der Waals surface area (Å²) < 4.78 is 0. The van der Waals surface area contributed by atoms with Crippen molar-refractivity contribution in [2.75, 3.05) is 0 Å². The normalized spacial score (nSPS) is 17.4. The quantitative estimate of drug-likeness (QED) is 0.478. The average molecular weight is 454 g/mol. The summed E-state index contributed by atoms with van der Waals surface area (Å²) >= 11 is 1.59. The van der Waals surface area contributed by atoms with Crippen LogP contribution in [0, 0.1) is 0 Å². The minimum atomic E-state index is -0.426. The van der Waals surface area contributed by atoms with Crippen LogP contribution in [0.15, 0.2) is 88.8 Å². The summed E-state index contributed by atoms with van der Waals surface area (Å²) in [5.41, 5.74) is 5.54. The zero-order valence-electron chi connectivity index (χ0n) is 19.2. The molecular formula is C28H27N3OS. The lowest BCUT2D eigenvalue weighted by Crippen LogP contribution is -2.41. The first-order valence-electron chi connectivity index (χ1n) is 11.3. The van der Waals surface area contributed by atoms with E-state index in [1.165, 1.54) is 11.1 Å². The number of benzene rings is 3. The van der Waals surface area contributed by atoms with Crippen molar-refractivity contribution in [3.05, 3.63) is 101 Å². The van der Waals surface area contributed by atoms with Gasteiger partial charge in [-0.2, -0.15) is 0 Å². The minimum Gasteiger partial charge on any atom is -0.271 e. The highest BCUT2D eigenvalue weighted by atomic mass is 32.2. The number of rotatable bonds is 4. The maximum absolute atomic E-state index is 13.4. The van der Waals surface area contributed by atoms with Crippen molar-refractivity contribution in [2.24, 2.45) is 9.98 Å². The SMILES string of the molecule is CC(C)(C)c1ccc(CSC2=Nc3ccccc3C3=N[C@H](Cc4ccccc4)C(=O)N23)cc1. The number of fused-ring (bicyclic) bond motifs is 3. The Bertz CT molecular complexity index is 1240. The predicted molar refractivity (Wildman–Crippen MR) is 137 cm³/mol. The van der Waals surface area contributed by atoms with E-state index in [9.17, 15) is 4.79 Å². The van der Waals surface area contributed by atoms with E-state index in [1.54, 1.807) is 16.7 Å². The number of nitrogens with zero attached hydrogens (tertiary/aromatic N) is 3. The molecule has 5 heteroatoms. The third-order valence-electron chi connectivity index (χ3n) is 6.01. The lowest BCUT2D eigenvalue weighted by atomic mass is 9.87. The van der Waals surface area contributed by atoms with Gasteiger partial charge in [0.2, 0.25) is 0 Å². The molecule has 4 nitrogen and oxygen atoms in total. The summed E-state index contributed by atoms with van der Waals surface area (Å²) in [6.07, 6.45) is 0.591. The van der Waals surface area contributed by atoms with Crippen molar-refractivity contribution in [2.45, 2.75) is 44.4 Å². The number of hydrogen-bond acceptors (Lipinski definition) is 4. The summed E-state index contributed by atoms with van der Waals surface area (Å²) in [5.74, 6) is 1.46. The average Bonchev–Trinajstić information content (AvgIpc) is 3.14. The lowest BCUT2D eigenvalue weighted by Gasteiger charge is -2.25. The number of thioether (sulfide) groups is 1. The Kier molecular flexibility index (Phi) is 5.67. The van der Waals surface area contributed by atoms with Crippen molar-refractivity contribution < 1.29 is 4.79 Å². The Morgan fingerprint density at radius 2 is 1.58 bits per heavy atom. The second-order valence-corrected chi connectivity index (χ2v) is 10.4. The van der Waals surface area contributed by atoms with Crippen LogP contribution in [0.2, 0.25) is 0 Å². The fraction of sp³-hybridized carbons (Fsp3) is 0.250. The molecule has 0 fully saturated rings. The topological polar surface area (TPSA) is 45.0 Å². The predicted octanol–water partition coefficient (Wildman–Crippen LogP) is 6.12. The molecule has 0 aromatic heterocycles. The molecule has 0 spiro atoms. The highest BCUT2D eigenvalue weighted by molar-refractivity contribution is 8.13. The second-order valence-electron chi connectivity index (χ2n) is 9.48. The minimum absolute atomic E-state index is 0.00214. The van der Waals surface area contributed by atoms with Crippen LogP contribution in [0.4, 0.5) is 5.69 Å². The number of hydrogen-bond donors (Lipinski definition) is 0. The number of amides is 1. The summed E-state index contributed by atoms with van der Waals surface area (Å²) in [7, 11) is 0. The van der Waals surface area contributed by atoms with Crippen molar-refractivity contribution in [3.8, 4) is 0 Å². The summed E-state index contributed by atoms with van der Waals surface area (Å²) in [6.45, 7) is 6.66. The van der Waals surface area contributed by atoms with Gasteiger partial charge in [0.05, 0.1) is 5.69 Å². The zero-order chi connectivity index (χ0) is 23.0. The standard InChI is InChI=1S/C28H27N3OS/c1-28(2,3)21-15-13-20(14-16-21)18-33-27-30-23-12-8-7-11-22(23)25-29-24(26(32)31(25)27)17-19-9-5-4-6-10-19/h4-16,24H,17-18H2,1-3H3/t24-/m1/s1. The molecule has 0 saturated carbocycles. The molecular weight excluding hydrogens is 426 g/mol. The summed E-state index contributed by atoms with van der Waals surface area (Å²) in [5, 5.41) is 0.702. The smallest absolute Gasteiger partial charge is 0.259 e. The van der Waals surface area contributed by atoms with Gasteiger partial charge < -0.3 is 0 Å². The molecule has 1 atom stereocenters. The first-order valence-corrected chi connectivity index (χ1v) is 12.2. The molecule has 0 aliphatic carbocycles.